The lowest BCUT2D eigenvalue weighted by Gasteiger charge is -2.05. The van der Waals surface area contributed by atoms with Crippen LogP contribution in [-0.4, -0.2) is 21.2 Å². The summed E-state index contributed by atoms with van der Waals surface area (Å²) in [7, 11) is 0. The standard InChI is InChI=1S/C13H16N4S/c1-9-5-3-4-6-10(9)7-8-11-15-12(14)17-13(16-11)18-2/h3-6H,7-8H2,1-2H3,(H2,14,15,16,17). The van der Waals surface area contributed by atoms with Gasteiger partial charge in [0.1, 0.15) is 5.82 Å². The zero-order chi connectivity index (χ0) is 13.0. The molecule has 0 saturated heterocycles. The van der Waals surface area contributed by atoms with E-state index >= 15 is 0 Å². The highest BCUT2D eigenvalue weighted by atomic mass is 32.2. The van der Waals surface area contributed by atoms with Crippen molar-refractivity contribution in [2.45, 2.75) is 24.9 Å². The van der Waals surface area contributed by atoms with Crippen LogP contribution in [0.4, 0.5) is 5.95 Å². The van der Waals surface area contributed by atoms with Crippen molar-refractivity contribution < 1.29 is 0 Å². The minimum Gasteiger partial charge on any atom is -0.368 e. The van der Waals surface area contributed by atoms with Crippen molar-refractivity contribution in [1.82, 2.24) is 15.0 Å². The van der Waals surface area contributed by atoms with E-state index in [-0.39, 0.29) is 0 Å². The summed E-state index contributed by atoms with van der Waals surface area (Å²) in [6.45, 7) is 2.12. The highest BCUT2D eigenvalue weighted by molar-refractivity contribution is 7.98. The van der Waals surface area contributed by atoms with Gasteiger partial charge in [0.15, 0.2) is 5.16 Å². The molecule has 2 rings (SSSR count). The topological polar surface area (TPSA) is 64.7 Å². The van der Waals surface area contributed by atoms with E-state index in [4.69, 9.17) is 5.73 Å². The Morgan fingerprint density at radius 3 is 2.61 bits per heavy atom. The molecule has 94 valence electrons. The van der Waals surface area contributed by atoms with Crippen molar-refractivity contribution in [3.8, 4) is 0 Å². The van der Waals surface area contributed by atoms with E-state index in [1.165, 1.54) is 22.9 Å². The molecule has 0 fully saturated rings. The fourth-order valence-electron chi connectivity index (χ4n) is 1.76. The van der Waals surface area contributed by atoms with Gasteiger partial charge in [-0.05, 0) is 30.7 Å². The highest BCUT2D eigenvalue weighted by Crippen LogP contribution is 2.13. The second-order valence-corrected chi connectivity index (χ2v) is 4.80. The number of aromatic nitrogens is 3. The minimum absolute atomic E-state index is 0.300. The molecule has 1 aromatic carbocycles. The molecule has 0 unspecified atom stereocenters. The Bertz CT molecular complexity index is 542. The molecule has 1 heterocycles. The van der Waals surface area contributed by atoms with E-state index in [0.29, 0.717) is 11.1 Å². The molecule has 0 radical (unpaired) electrons. The number of benzene rings is 1. The number of hydrogen-bond donors (Lipinski definition) is 1. The Morgan fingerprint density at radius 1 is 1.11 bits per heavy atom. The Balaban J connectivity index is 2.11. The van der Waals surface area contributed by atoms with E-state index in [0.717, 1.165) is 18.7 Å². The molecule has 0 aliphatic heterocycles. The van der Waals surface area contributed by atoms with Crippen LogP contribution in [0.25, 0.3) is 0 Å². The second kappa shape index (κ2) is 5.82. The number of rotatable bonds is 4. The molecule has 0 bridgehead atoms. The lowest BCUT2D eigenvalue weighted by molar-refractivity contribution is 0.787. The molecule has 5 heteroatoms. The summed E-state index contributed by atoms with van der Waals surface area (Å²) in [6.07, 6.45) is 3.63. The molecule has 0 amide bonds. The van der Waals surface area contributed by atoms with E-state index in [1.54, 1.807) is 0 Å². The average molecular weight is 260 g/mol. The molecule has 0 spiro atoms. The molecule has 4 nitrogen and oxygen atoms in total. The van der Waals surface area contributed by atoms with Crippen molar-refractivity contribution in [3.05, 3.63) is 41.2 Å². The van der Waals surface area contributed by atoms with E-state index in [9.17, 15) is 0 Å². The van der Waals surface area contributed by atoms with Crippen LogP contribution in [0.15, 0.2) is 29.4 Å². The first-order valence-electron chi connectivity index (χ1n) is 5.78. The number of hydrogen-bond acceptors (Lipinski definition) is 5. The van der Waals surface area contributed by atoms with Gasteiger partial charge < -0.3 is 5.73 Å². The molecule has 0 aliphatic rings. The van der Waals surface area contributed by atoms with Crippen molar-refractivity contribution in [3.63, 3.8) is 0 Å². The molecule has 2 aromatic rings. The maximum atomic E-state index is 5.66. The van der Waals surface area contributed by atoms with Gasteiger partial charge in [-0.1, -0.05) is 36.0 Å². The summed E-state index contributed by atoms with van der Waals surface area (Å²) in [6, 6.07) is 8.35. The van der Waals surface area contributed by atoms with E-state index in [1.807, 2.05) is 12.3 Å². The third-order valence-electron chi connectivity index (χ3n) is 2.74. The van der Waals surface area contributed by atoms with E-state index in [2.05, 4.69) is 40.1 Å². The van der Waals surface area contributed by atoms with Crippen molar-refractivity contribution in [1.29, 1.82) is 0 Å². The molecule has 1 aromatic heterocycles. The van der Waals surface area contributed by atoms with Crippen molar-refractivity contribution >= 4 is 17.7 Å². The lowest BCUT2D eigenvalue weighted by Crippen LogP contribution is -2.06. The first-order valence-corrected chi connectivity index (χ1v) is 7.00. The maximum Gasteiger partial charge on any atom is 0.224 e. The van der Waals surface area contributed by atoms with Crippen LogP contribution in [-0.2, 0) is 12.8 Å². The third-order valence-corrected chi connectivity index (χ3v) is 3.29. The Morgan fingerprint density at radius 2 is 1.89 bits per heavy atom. The number of thioether (sulfide) groups is 1. The summed E-state index contributed by atoms with van der Waals surface area (Å²) < 4.78 is 0. The second-order valence-electron chi connectivity index (χ2n) is 4.02. The molecular weight excluding hydrogens is 244 g/mol. The fourth-order valence-corrected chi connectivity index (χ4v) is 2.14. The van der Waals surface area contributed by atoms with Crippen LogP contribution in [0.3, 0.4) is 0 Å². The normalized spacial score (nSPS) is 10.6. The van der Waals surface area contributed by atoms with Gasteiger partial charge in [0.25, 0.3) is 0 Å². The van der Waals surface area contributed by atoms with Crippen molar-refractivity contribution in [2.24, 2.45) is 0 Å². The summed E-state index contributed by atoms with van der Waals surface area (Å²) in [5.41, 5.74) is 8.28. The molecular formula is C13H16N4S. The van der Waals surface area contributed by atoms with Crippen molar-refractivity contribution in [2.75, 3.05) is 12.0 Å². The molecule has 2 N–H and O–H groups in total. The molecule has 0 atom stereocenters. The monoisotopic (exact) mass is 260 g/mol. The summed E-state index contributed by atoms with van der Waals surface area (Å²) in [5, 5.41) is 0.683. The maximum absolute atomic E-state index is 5.66. The number of anilines is 1. The molecule has 18 heavy (non-hydrogen) atoms. The molecule has 0 saturated carbocycles. The van der Waals surface area contributed by atoms with Crippen LogP contribution < -0.4 is 5.73 Å². The average Bonchev–Trinajstić information content (AvgIpc) is 2.37. The number of nitrogens with two attached hydrogens (primary N) is 1. The van der Waals surface area contributed by atoms with E-state index < -0.39 is 0 Å². The third kappa shape index (κ3) is 3.20. The quantitative estimate of drug-likeness (QED) is 0.854. The summed E-state index contributed by atoms with van der Waals surface area (Å²) >= 11 is 1.48. The van der Waals surface area contributed by atoms with Gasteiger partial charge in [-0.2, -0.15) is 9.97 Å². The van der Waals surface area contributed by atoms with Crippen LogP contribution in [0.5, 0.6) is 0 Å². The van der Waals surface area contributed by atoms with Gasteiger partial charge in [0, 0.05) is 6.42 Å². The Kier molecular flexibility index (Phi) is 4.15. The zero-order valence-electron chi connectivity index (χ0n) is 10.6. The van der Waals surface area contributed by atoms with Gasteiger partial charge in [-0.3, -0.25) is 0 Å². The largest absolute Gasteiger partial charge is 0.368 e. The summed E-state index contributed by atoms with van der Waals surface area (Å²) in [4.78, 5) is 12.6. The van der Waals surface area contributed by atoms with Crippen LogP contribution in [0.2, 0.25) is 0 Å². The zero-order valence-corrected chi connectivity index (χ0v) is 11.4. The predicted molar refractivity (Wildman–Crippen MR) is 74.6 cm³/mol. The first kappa shape index (κ1) is 12.8. The first-order chi connectivity index (χ1) is 8.69. The van der Waals surface area contributed by atoms with Gasteiger partial charge in [-0.25, -0.2) is 4.98 Å². The smallest absolute Gasteiger partial charge is 0.224 e. The van der Waals surface area contributed by atoms with Gasteiger partial charge in [0.05, 0.1) is 0 Å². The Hall–Kier alpha value is -1.62. The Labute approximate surface area is 111 Å². The van der Waals surface area contributed by atoms with Gasteiger partial charge >= 0.3 is 0 Å². The van der Waals surface area contributed by atoms with Crippen LogP contribution in [0, 0.1) is 6.92 Å². The highest BCUT2D eigenvalue weighted by Gasteiger charge is 2.05. The predicted octanol–water partition coefficient (Wildman–Crippen LogP) is 2.27. The van der Waals surface area contributed by atoms with Crippen LogP contribution in [0.1, 0.15) is 17.0 Å². The minimum atomic E-state index is 0.300. The number of aryl methyl sites for hydroxylation is 3. The summed E-state index contributed by atoms with van der Waals surface area (Å²) in [5.74, 6) is 1.06. The SMILES string of the molecule is CSc1nc(N)nc(CCc2ccccc2C)n1. The number of nitrogen functional groups attached to an aromatic ring is 1. The van der Waals surface area contributed by atoms with Gasteiger partial charge in [0.2, 0.25) is 5.95 Å². The lowest BCUT2D eigenvalue weighted by atomic mass is 10.0. The van der Waals surface area contributed by atoms with Crippen LogP contribution >= 0.6 is 11.8 Å². The van der Waals surface area contributed by atoms with Gasteiger partial charge in [-0.15, -0.1) is 0 Å². The fraction of sp³-hybridized carbons (Fsp3) is 0.308. The molecule has 0 aliphatic carbocycles. The number of nitrogens with zero attached hydrogens (tertiary/aromatic N) is 3.